The van der Waals surface area contributed by atoms with Gasteiger partial charge in [-0.3, -0.25) is 9.91 Å². The van der Waals surface area contributed by atoms with Gasteiger partial charge in [0, 0.05) is 38.8 Å². The van der Waals surface area contributed by atoms with Crippen LogP contribution in [0.2, 0.25) is 0 Å². The number of hydrogen-bond acceptors (Lipinski definition) is 8. The number of thiocarbonyl (C=S) groups is 1. The number of hydrazine groups is 1. The standard InChI is InChI=1S/C24H30N4O3S2/c1-3-30-21-6-4-19(5-7-21)28(17-32)27-12-10-26(11-13-27)15-20(29)16-31-22-8-9-24-23(14-22)25-18(2)33-24/h4-9,14,17,20,29H,3,10-13,15-16H2,1-2H3/t20-/m1/s1. The predicted molar refractivity (Wildman–Crippen MR) is 138 cm³/mol. The number of fused-ring (bicyclic) bond motifs is 1. The van der Waals surface area contributed by atoms with E-state index in [9.17, 15) is 5.11 Å². The Morgan fingerprint density at radius 1 is 1.12 bits per heavy atom. The highest BCUT2D eigenvalue weighted by Gasteiger charge is 2.23. The van der Waals surface area contributed by atoms with Gasteiger partial charge in [-0.05, 0) is 50.2 Å². The highest BCUT2D eigenvalue weighted by atomic mass is 32.1. The molecule has 0 saturated carbocycles. The molecule has 0 amide bonds. The lowest BCUT2D eigenvalue weighted by molar-refractivity contribution is 0.0470. The van der Waals surface area contributed by atoms with Crippen molar-refractivity contribution in [3.63, 3.8) is 0 Å². The molecule has 1 saturated heterocycles. The van der Waals surface area contributed by atoms with Crippen LogP contribution in [-0.2, 0) is 0 Å². The molecule has 0 spiro atoms. The van der Waals surface area contributed by atoms with E-state index in [-0.39, 0.29) is 6.61 Å². The zero-order valence-corrected chi connectivity index (χ0v) is 20.6. The lowest BCUT2D eigenvalue weighted by Gasteiger charge is -2.40. The van der Waals surface area contributed by atoms with Crippen molar-refractivity contribution >= 4 is 45.0 Å². The van der Waals surface area contributed by atoms with Crippen LogP contribution < -0.4 is 14.5 Å². The zero-order valence-electron chi connectivity index (χ0n) is 19.0. The van der Waals surface area contributed by atoms with Crippen molar-refractivity contribution in [3.8, 4) is 11.5 Å². The summed E-state index contributed by atoms with van der Waals surface area (Å²) in [7, 11) is 0. The number of ether oxygens (including phenoxy) is 2. The van der Waals surface area contributed by atoms with Gasteiger partial charge >= 0.3 is 0 Å². The number of piperazine rings is 1. The summed E-state index contributed by atoms with van der Waals surface area (Å²) in [5.41, 5.74) is 3.63. The summed E-state index contributed by atoms with van der Waals surface area (Å²) in [6.07, 6.45) is -0.558. The average Bonchev–Trinajstić information content (AvgIpc) is 3.20. The number of aromatic nitrogens is 1. The summed E-state index contributed by atoms with van der Waals surface area (Å²) in [6.45, 7) is 8.80. The third-order valence-electron chi connectivity index (χ3n) is 5.54. The van der Waals surface area contributed by atoms with Crippen LogP contribution >= 0.6 is 23.6 Å². The molecule has 2 aromatic carbocycles. The largest absolute Gasteiger partial charge is 0.494 e. The first-order chi connectivity index (χ1) is 16.1. The normalized spacial score (nSPS) is 16.0. The summed E-state index contributed by atoms with van der Waals surface area (Å²) in [5.74, 6) is 1.59. The summed E-state index contributed by atoms with van der Waals surface area (Å²) in [5, 5.41) is 15.8. The van der Waals surface area contributed by atoms with Gasteiger partial charge in [-0.15, -0.1) is 11.3 Å². The maximum absolute atomic E-state index is 10.5. The molecule has 33 heavy (non-hydrogen) atoms. The number of thiazole rings is 1. The monoisotopic (exact) mass is 486 g/mol. The van der Waals surface area contributed by atoms with Gasteiger partial charge in [0.25, 0.3) is 0 Å². The van der Waals surface area contributed by atoms with E-state index in [1.54, 1.807) is 16.8 Å². The number of hydrogen-bond donors (Lipinski definition) is 1. The first-order valence-corrected chi connectivity index (χ1v) is 12.5. The van der Waals surface area contributed by atoms with Crippen LogP contribution in [-0.4, -0.2) is 77.5 Å². The molecule has 0 radical (unpaired) electrons. The summed E-state index contributed by atoms with van der Waals surface area (Å²) < 4.78 is 12.5. The molecule has 3 aromatic rings. The molecule has 0 bridgehead atoms. The van der Waals surface area contributed by atoms with E-state index < -0.39 is 6.10 Å². The molecule has 7 nitrogen and oxygen atoms in total. The quantitative estimate of drug-likeness (QED) is 0.435. The third-order valence-corrected chi connectivity index (χ3v) is 6.69. The van der Waals surface area contributed by atoms with Gasteiger partial charge in [-0.25, -0.2) is 9.99 Å². The summed E-state index contributed by atoms with van der Waals surface area (Å²) in [6, 6.07) is 13.9. The fraction of sp³-hybridized carbons (Fsp3) is 0.417. The van der Waals surface area contributed by atoms with Crippen LogP contribution in [0.25, 0.3) is 10.2 Å². The van der Waals surface area contributed by atoms with Crippen LogP contribution in [0.5, 0.6) is 11.5 Å². The van der Waals surface area contributed by atoms with Crippen molar-refractivity contribution in [1.82, 2.24) is 14.9 Å². The number of rotatable bonds is 10. The van der Waals surface area contributed by atoms with Crippen molar-refractivity contribution in [2.75, 3.05) is 50.9 Å². The molecule has 0 unspecified atom stereocenters. The Morgan fingerprint density at radius 3 is 2.55 bits per heavy atom. The number of β-amino-alcohol motifs (C(OH)–C–C–N with tert-alkyl or cyclic N) is 1. The molecule has 9 heteroatoms. The first kappa shape index (κ1) is 23.8. The van der Waals surface area contributed by atoms with Gasteiger partial charge in [-0.2, -0.15) is 0 Å². The molecule has 1 aliphatic heterocycles. The minimum atomic E-state index is -0.558. The molecular formula is C24H30N4O3S2. The summed E-state index contributed by atoms with van der Waals surface area (Å²) in [4.78, 5) is 6.76. The lowest BCUT2D eigenvalue weighted by Crippen LogP contribution is -2.54. The van der Waals surface area contributed by atoms with Gasteiger partial charge < -0.3 is 14.6 Å². The Kier molecular flexibility index (Phi) is 8.11. The van der Waals surface area contributed by atoms with Gasteiger partial charge in [0.05, 0.1) is 33.0 Å². The van der Waals surface area contributed by atoms with E-state index in [1.807, 2.05) is 61.3 Å². The number of anilines is 1. The third kappa shape index (κ3) is 6.18. The van der Waals surface area contributed by atoms with Crippen molar-refractivity contribution in [1.29, 1.82) is 0 Å². The fourth-order valence-corrected chi connectivity index (χ4v) is 5.01. The molecular weight excluding hydrogens is 456 g/mol. The number of aryl methyl sites for hydroxylation is 1. The van der Waals surface area contributed by atoms with Crippen LogP contribution in [0.4, 0.5) is 5.69 Å². The number of nitrogens with zero attached hydrogens (tertiary/aromatic N) is 4. The molecule has 4 rings (SSSR count). The molecule has 1 atom stereocenters. The molecule has 1 aliphatic rings. The lowest BCUT2D eigenvalue weighted by atomic mass is 10.2. The second-order valence-corrected chi connectivity index (χ2v) is 9.40. The second-order valence-electron chi connectivity index (χ2n) is 7.96. The Hall–Kier alpha value is -2.30. The zero-order chi connectivity index (χ0) is 23.2. The van der Waals surface area contributed by atoms with Crippen molar-refractivity contribution in [2.24, 2.45) is 0 Å². The van der Waals surface area contributed by atoms with E-state index in [4.69, 9.17) is 21.7 Å². The number of aliphatic hydroxyl groups is 1. The van der Waals surface area contributed by atoms with E-state index in [0.717, 1.165) is 58.6 Å². The predicted octanol–water partition coefficient (Wildman–Crippen LogP) is 3.74. The van der Waals surface area contributed by atoms with Gasteiger partial charge in [0.1, 0.15) is 24.2 Å². The molecule has 1 aromatic heterocycles. The van der Waals surface area contributed by atoms with Crippen molar-refractivity contribution in [3.05, 3.63) is 47.5 Å². The number of aliphatic hydroxyl groups excluding tert-OH is 1. The molecule has 1 fully saturated rings. The van der Waals surface area contributed by atoms with Crippen LogP contribution in [0.1, 0.15) is 11.9 Å². The highest BCUT2D eigenvalue weighted by molar-refractivity contribution is 7.79. The number of benzene rings is 2. The van der Waals surface area contributed by atoms with E-state index >= 15 is 0 Å². The van der Waals surface area contributed by atoms with Crippen molar-refractivity contribution in [2.45, 2.75) is 20.0 Å². The maximum atomic E-state index is 10.5. The Balaban J connectivity index is 1.24. The first-order valence-electron chi connectivity index (χ1n) is 11.2. The van der Waals surface area contributed by atoms with Crippen molar-refractivity contribution < 1.29 is 14.6 Å². The Bertz CT molecular complexity index is 1050. The van der Waals surface area contributed by atoms with Crippen LogP contribution in [0, 0.1) is 6.92 Å². The second kappa shape index (κ2) is 11.2. The Labute approximate surface area is 204 Å². The fourth-order valence-electron chi connectivity index (χ4n) is 3.94. The SMILES string of the molecule is CCOc1ccc(N(C=S)N2CCN(C[C@@H](O)COc3ccc4sc(C)nc4c3)CC2)cc1. The van der Waals surface area contributed by atoms with Crippen LogP contribution in [0.3, 0.4) is 0 Å². The molecule has 2 heterocycles. The Morgan fingerprint density at radius 2 is 1.85 bits per heavy atom. The minimum Gasteiger partial charge on any atom is -0.494 e. The van der Waals surface area contributed by atoms with E-state index in [0.29, 0.717) is 13.2 Å². The van der Waals surface area contributed by atoms with Gasteiger partial charge in [0.2, 0.25) is 0 Å². The van der Waals surface area contributed by atoms with Gasteiger partial charge in [-0.1, -0.05) is 12.2 Å². The molecule has 1 N–H and O–H groups in total. The van der Waals surface area contributed by atoms with E-state index in [1.165, 1.54) is 0 Å². The maximum Gasteiger partial charge on any atom is 0.121 e. The molecule has 176 valence electrons. The van der Waals surface area contributed by atoms with Crippen LogP contribution in [0.15, 0.2) is 42.5 Å². The average molecular weight is 487 g/mol. The highest BCUT2D eigenvalue weighted by Crippen LogP contribution is 2.26. The topological polar surface area (TPSA) is 61.3 Å². The summed E-state index contributed by atoms with van der Waals surface area (Å²) >= 11 is 6.95. The van der Waals surface area contributed by atoms with Gasteiger partial charge in [0.15, 0.2) is 0 Å². The smallest absolute Gasteiger partial charge is 0.121 e. The minimum absolute atomic E-state index is 0.257. The van der Waals surface area contributed by atoms with E-state index in [2.05, 4.69) is 14.9 Å². The molecule has 0 aliphatic carbocycles.